The predicted octanol–water partition coefficient (Wildman–Crippen LogP) is 2.99. The second-order valence-electron chi connectivity index (χ2n) is 3.60. The number of carbonyl (C=O) groups is 1. The number of nitrogens with one attached hydrogen (secondary N) is 1. The Morgan fingerprint density at radius 3 is 2.94 bits per heavy atom. The quantitative estimate of drug-likeness (QED) is 0.781. The molecule has 0 radical (unpaired) electrons. The van der Waals surface area contributed by atoms with Gasteiger partial charge in [0.1, 0.15) is 16.5 Å². The maximum Gasteiger partial charge on any atom is 0.339 e. The summed E-state index contributed by atoms with van der Waals surface area (Å²) in [6, 6.07) is 2.93. The van der Waals surface area contributed by atoms with Crippen molar-refractivity contribution in [2.75, 3.05) is 18.1 Å². The number of pyridine rings is 1. The maximum atomic E-state index is 11.0. The van der Waals surface area contributed by atoms with Gasteiger partial charge in [-0.3, -0.25) is 0 Å². The second kappa shape index (κ2) is 6.71. The highest BCUT2D eigenvalue weighted by molar-refractivity contribution is 7.99. The molecule has 1 heterocycles. The van der Waals surface area contributed by atoms with Crippen LogP contribution in [0.5, 0.6) is 0 Å². The smallest absolute Gasteiger partial charge is 0.339 e. The minimum absolute atomic E-state index is 0.145. The summed E-state index contributed by atoms with van der Waals surface area (Å²) in [5.41, 5.74) is 0.145. The third-order valence-corrected chi connectivity index (χ3v) is 3.59. The van der Waals surface area contributed by atoms with Crippen LogP contribution in [0, 0.1) is 0 Å². The lowest BCUT2D eigenvalue weighted by molar-refractivity contribution is 0.0697. The van der Waals surface area contributed by atoms with Crippen molar-refractivity contribution in [2.24, 2.45) is 0 Å². The van der Waals surface area contributed by atoms with Crippen molar-refractivity contribution in [1.82, 2.24) is 4.98 Å². The van der Waals surface area contributed by atoms with Gasteiger partial charge in [-0.2, -0.15) is 11.8 Å². The molecule has 0 saturated carbocycles. The van der Waals surface area contributed by atoms with Crippen molar-refractivity contribution in [2.45, 2.75) is 18.6 Å². The molecule has 0 amide bonds. The van der Waals surface area contributed by atoms with Crippen molar-refractivity contribution in [1.29, 1.82) is 0 Å². The van der Waals surface area contributed by atoms with E-state index in [0.29, 0.717) is 17.6 Å². The summed E-state index contributed by atoms with van der Waals surface area (Å²) in [4.78, 5) is 14.9. The van der Waals surface area contributed by atoms with E-state index in [1.807, 2.05) is 6.26 Å². The fraction of sp³-hybridized carbons (Fsp3) is 0.455. The highest BCUT2D eigenvalue weighted by Gasteiger charge is 2.11. The topological polar surface area (TPSA) is 62.2 Å². The van der Waals surface area contributed by atoms with E-state index in [2.05, 4.69) is 17.2 Å². The van der Waals surface area contributed by atoms with Crippen LogP contribution in [-0.2, 0) is 0 Å². The predicted molar refractivity (Wildman–Crippen MR) is 72.3 cm³/mol. The Balaban J connectivity index is 2.68. The summed E-state index contributed by atoms with van der Waals surface area (Å²) < 4.78 is 0. The molecule has 1 unspecified atom stereocenters. The molecule has 1 atom stereocenters. The number of carboxylic acid groups (broad SMARTS) is 1. The first-order valence-electron chi connectivity index (χ1n) is 5.21. The number of aromatic nitrogens is 1. The van der Waals surface area contributed by atoms with Gasteiger partial charge >= 0.3 is 5.97 Å². The molecule has 1 rings (SSSR count). The molecule has 6 heteroatoms. The number of nitrogens with zero attached hydrogens (tertiary/aromatic N) is 1. The Labute approximate surface area is 110 Å². The Bertz CT molecular complexity index is 401. The lowest BCUT2D eigenvalue weighted by Crippen LogP contribution is -2.12. The van der Waals surface area contributed by atoms with Crippen LogP contribution in [0.4, 0.5) is 5.82 Å². The maximum absolute atomic E-state index is 11.0. The molecule has 2 N–H and O–H groups in total. The molecule has 4 nitrogen and oxygen atoms in total. The number of anilines is 1. The van der Waals surface area contributed by atoms with Crippen molar-refractivity contribution >= 4 is 35.1 Å². The number of aromatic carboxylic acids is 1. The Kier molecular flexibility index (Phi) is 5.58. The molecular weight excluding hydrogens is 260 g/mol. The zero-order valence-corrected chi connectivity index (χ0v) is 11.3. The number of hydrogen-bond acceptors (Lipinski definition) is 4. The lowest BCUT2D eigenvalue weighted by Gasteiger charge is -2.11. The number of thioether (sulfide) groups is 1. The van der Waals surface area contributed by atoms with E-state index in [9.17, 15) is 4.79 Å². The third-order valence-electron chi connectivity index (χ3n) is 2.34. The minimum atomic E-state index is -1.01. The summed E-state index contributed by atoms with van der Waals surface area (Å²) in [5.74, 6) is -0.673. The van der Waals surface area contributed by atoms with E-state index >= 15 is 0 Å². The van der Waals surface area contributed by atoms with Crippen molar-refractivity contribution < 1.29 is 9.90 Å². The Hall–Kier alpha value is -0.940. The van der Waals surface area contributed by atoms with E-state index in [1.165, 1.54) is 12.1 Å². The molecule has 0 aliphatic carbocycles. The molecule has 0 saturated heterocycles. The third kappa shape index (κ3) is 4.44. The molecular formula is C11H15ClN2O2S. The van der Waals surface area contributed by atoms with Crippen LogP contribution >= 0.6 is 23.4 Å². The monoisotopic (exact) mass is 274 g/mol. The van der Waals surface area contributed by atoms with Gasteiger partial charge in [0.05, 0.1) is 0 Å². The van der Waals surface area contributed by atoms with Gasteiger partial charge in [0, 0.05) is 11.8 Å². The SMILES string of the molecule is CSC(C)CCNc1nc(Cl)ccc1C(=O)O. The number of rotatable bonds is 6. The molecule has 1 aromatic rings. The zero-order valence-electron chi connectivity index (χ0n) is 9.74. The number of halogens is 1. The fourth-order valence-electron chi connectivity index (χ4n) is 1.25. The molecule has 17 heavy (non-hydrogen) atoms. The van der Waals surface area contributed by atoms with Crippen LogP contribution < -0.4 is 5.32 Å². The van der Waals surface area contributed by atoms with Crippen molar-refractivity contribution in [3.8, 4) is 0 Å². The van der Waals surface area contributed by atoms with Crippen LogP contribution in [0.2, 0.25) is 5.15 Å². The highest BCUT2D eigenvalue weighted by atomic mass is 35.5. The second-order valence-corrected chi connectivity index (χ2v) is 5.26. The first-order chi connectivity index (χ1) is 8.04. The summed E-state index contributed by atoms with van der Waals surface area (Å²) in [5, 5.41) is 12.8. The van der Waals surface area contributed by atoms with Gasteiger partial charge in [0.15, 0.2) is 0 Å². The molecule has 0 bridgehead atoms. The van der Waals surface area contributed by atoms with Crippen molar-refractivity contribution in [3.05, 3.63) is 22.8 Å². The molecule has 0 aliphatic heterocycles. The van der Waals surface area contributed by atoms with E-state index < -0.39 is 5.97 Å². The first-order valence-corrected chi connectivity index (χ1v) is 6.87. The van der Waals surface area contributed by atoms with E-state index in [1.54, 1.807) is 11.8 Å². The normalized spacial score (nSPS) is 12.2. The van der Waals surface area contributed by atoms with Crippen LogP contribution in [0.15, 0.2) is 12.1 Å². The van der Waals surface area contributed by atoms with Gasteiger partial charge in [-0.15, -0.1) is 0 Å². The summed E-state index contributed by atoms with van der Waals surface area (Å²) in [6.45, 7) is 2.80. The number of hydrogen-bond donors (Lipinski definition) is 2. The van der Waals surface area contributed by atoms with Gasteiger partial charge in [-0.05, 0) is 24.8 Å². The van der Waals surface area contributed by atoms with Crippen LogP contribution in [0.3, 0.4) is 0 Å². The molecule has 0 spiro atoms. The average molecular weight is 275 g/mol. The van der Waals surface area contributed by atoms with Gasteiger partial charge in [-0.1, -0.05) is 18.5 Å². The largest absolute Gasteiger partial charge is 0.478 e. The molecule has 94 valence electrons. The highest BCUT2D eigenvalue weighted by Crippen LogP contribution is 2.17. The van der Waals surface area contributed by atoms with Gasteiger partial charge in [0.2, 0.25) is 0 Å². The Morgan fingerprint density at radius 2 is 2.35 bits per heavy atom. The van der Waals surface area contributed by atoms with Crippen LogP contribution in [0.25, 0.3) is 0 Å². The van der Waals surface area contributed by atoms with Gasteiger partial charge in [-0.25, -0.2) is 9.78 Å². The Morgan fingerprint density at radius 1 is 1.65 bits per heavy atom. The summed E-state index contributed by atoms with van der Waals surface area (Å²) in [6.07, 6.45) is 2.99. The summed E-state index contributed by atoms with van der Waals surface area (Å²) in [7, 11) is 0. The molecule has 1 aromatic heterocycles. The fourth-order valence-corrected chi connectivity index (χ4v) is 1.76. The van der Waals surface area contributed by atoms with Gasteiger partial charge < -0.3 is 10.4 Å². The van der Waals surface area contributed by atoms with E-state index in [-0.39, 0.29) is 10.7 Å². The molecule has 0 fully saturated rings. The average Bonchev–Trinajstić information content (AvgIpc) is 2.28. The van der Waals surface area contributed by atoms with E-state index in [0.717, 1.165) is 6.42 Å². The molecule has 0 aliphatic rings. The minimum Gasteiger partial charge on any atom is -0.478 e. The van der Waals surface area contributed by atoms with Crippen LogP contribution in [0.1, 0.15) is 23.7 Å². The van der Waals surface area contributed by atoms with Gasteiger partial charge in [0.25, 0.3) is 0 Å². The lowest BCUT2D eigenvalue weighted by atomic mass is 10.2. The number of carboxylic acids is 1. The van der Waals surface area contributed by atoms with Crippen molar-refractivity contribution in [3.63, 3.8) is 0 Å². The van der Waals surface area contributed by atoms with Crippen LogP contribution in [-0.4, -0.2) is 34.1 Å². The zero-order chi connectivity index (χ0) is 12.8. The van der Waals surface area contributed by atoms with E-state index in [4.69, 9.17) is 16.7 Å². The summed E-state index contributed by atoms with van der Waals surface area (Å²) >= 11 is 7.51. The first kappa shape index (κ1) is 14.1. The standard InChI is InChI=1S/C11H15ClN2O2S/c1-7(17-2)5-6-13-10-8(11(15)16)3-4-9(12)14-10/h3-4,7H,5-6H2,1-2H3,(H,13,14)(H,15,16). The molecule has 0 aromatic carbocycles.